The Morgan fingerprint density at radius 2 is 1.92 bits per heavy atom. The molecule has 24 heavy (non-hydrogen) atoms. The van der Waals surface area contributed by atoms with Gasteiger partial charge in [0.1, 0.15) is 15.2 Å². The molecule has 8 heteroatoms. The second kappa shape index (κ2) is 5.84. The minimum Gasteiger partial charge on any atom is -0.279 e. The van der Waals surface area contributed by atoms with Gasteiger partial charge < -0.3 is 0 Å². The van der Waals surface area contributed by atoms with Crippen LogP contribution in [-0.4, -0.2) is 13.4 Å². The number of hydrogen-bond acceptors (Lipinski definition) is 6. The highest BCUT2D eigenvalue weighted by Gasteiger charge is 2.20. The van der Waals surface area contributed by atoms with E-state index in [2.05, 4.69) is 30.5 Å². The summed E-state index contributed by atoms with van der Waals surface area (Å²) >= 11 is 2.51. The Labute approximate surface area is 148 Å². The molecule has 124 valence electrons. The highest BCUT2D eigenvalue weighted by atomic mass is 32.2. The third-order valence-corrected chi connectivity index (χ3v) is 7.55. The summed E-state index contributed by atoms with van der Waals surface area (Å²) in [6.07, 6.45) is 0. The zero-order valence-corrected chi connectivity index (χ0v) is 15.8. The molecule has 0 saturated carbocycles. The van der Waals surface area contributed by atoms with E-state index in [4.69, 9.17) is 5.26 Å². The van der Waals surface area contributed by atoms with Crippen LogP contribution < -0.4 is 4.72 Å². The monoisotopic (exact) mass is 377 g/mol. The standard InChI is InChI=1S/C16H15N3O2S3/c1-16(2,3)15-18-12-6-4-10(8-13(12)23-15)19-24(20,21)14-7-5-11(9-17)22-14/h4-8,19H,1-3H3. The van der Waals surface area contributed by atoms with Crippen molar-refractivity contribution in [1.29, 1.82) is 5.26 Å². The van der Waals surface area contributed by atoms with Crippen molar-refractivity contribution >= 4 is 48.6 Å². The summed E-state index contributed by atoms with van der Waals surface area (Å²) in [4.78, 5) is 4.97. The van der Waals surface area contributed by atoms with Gasteiger partial charge in [-0.2, -0.15) is 5.26 Å². The first-order chi connectivity index (χ1) is 11.2. The molecule has 3 rings (SSSR count). The van der Waals surface area contributed by atoms with Crippen molar-refractivity contribution < 1.29 is 8.42 Å². The van der Waals surface area contributed by atoms with Gasteiger partial charge in [0, 0.05) is 5.41 Å². The van der Waals surface area contributed by atoms with Gasteiger partial charge in [0.15, 0.2) is 0 Å². The van der Waals surface area contributed by atoms with Crippen molar-refractivity contribution in [2.45, 2.75) is 30.4 Å². The fraction of sp³-hybridized carbons (Fsp3) is 0.250. The molecule has 0 unspecified atom stereocenters. The maximum atomic E-state index is 12.4. The summed E-state index contributed by atoms with van der Waals surface area (Å²) in [5.41, 5.74) is 1.29. The normalized spacial score (nSPS) is 12.2. The maximum absolute atomic E-state index is 12.4. The van der Waals surface area contributed by atoms with Gasteiger partial charge in [-0.15, -0.1) is 22.7 Å². The number of aromatic nitrogens is 1. The Balaban J connectivity index is 1.94. The Hall–Kier alpha value is -1.95. The van der Waals surface area contributed by atoms with Crippen molar-refractivity contribution in [2.24, 2.45) is 0 Å². The molecule has 2 heterocycles. The number of anilines is 1. The van der Waals surface area contributed by atoms with Gasteiger partial charge in [-0.3, -0.25) is 4.72 Å². The molecular formula is C16H15N3O2S3. The van der Waals surface area contributed by atoms with Crippen molar-refractivity contribution in [1.82, 2.24) is 4.98 Å². The highest BCUT2D eigenvalue weighted by molar-refractivity contribution is 7.94. The van der Waals surface area contributed by atoms with E-state index in [9.17, 15) is 8.42 Å². The Kier molecular flexibility index (Phi) is 4.11. The molecule has 0 bridgehead atoms. The Morgan fingerprint density at radius 3 is 2.54 bits per heavy atom. The van der Waals surface area contributed by atoms with E-state index in [0.29, 0.717) is 10.6 Å². The Bertz CT molecular complexity index is 1050. The fourth-order valence-electron chi connectivity index (χ4n) is 2.04. The average molecular weight is 378 g/mol. The number of sulfonamides is 1. The molecule has 5 nitrogen and oxygen atoms in total. The fourth-order valence-corrected chi connectivity index (χ4v) is 5.25. The quantitative estimate of drug-likeness (QED) is 0.736. The second-order valence-corrected chi connectivity index (χ2v) is 10.3. The first-order valence-electron chi connectivity index (χ1n) is 7.13. The summed E-state index contributed by atoms with van der Waals surface area (Å²) in [6, 6.07) is 10.2. The minimum atomic E-state index is -3.69. The predicted octanol–water partition coefficient (Wildman–Crippen LogP) is 4.33. The van der Waals surface area contributed by atoms with E-state index >= 15 is 0 Å². The third-order valence-electron chi connectivity index (χ3n) is 3.24. The molecular weight excluding hydrogens is 362 g/mol. The third kappa shape index (κ3) is 3.29. The van der Waals surface area contributed by atoms with Crippen LogP contribution in [0, 0.1) is 11.3 Å². The van der Waals surface area contributed by atoms with Crippen LogP contribution in [-0.2, 0) is 15.4 Å². The molecule has 2 aromatic heterocycles. The molecule has 0 atom stereocenters. The van der Waals surface area contributed by atoms with Crippen molar-refractivity contribution in [3.63, 3.8) is 0 Å². The highest BCUT2D eigenvalue weighted by Crippen LogP contribution is 2.33. The van der Waals surface area contributed by atoms with Crippen LogP contribution in [0.1, 0.15) is 30.7 Å². The maximum Gasteiger partial charge on any atom is 0.271 e. The van der Waals surface area contributed by atoms with Gasteiger partial charge in [0.2, 0.25) is 0 Å². The lowest BCUT2D eigenvalue weighted by Gasteiger charge is -2.13. The number of fused-ring (bicyclic) bond motifs is 1. The summed E-state index contributed by atoms with van der Waals surface area (Å²) < 4.78 is 28.4. The van der Waals surface area contributed by atoms with Crippen molar-refractivity contribution in [3.05, 3.63) is 40.2 Å². The number of thiazole rings is 1. The number of hydrogen-bond donors (Lipinski definition) is 1. The summed E-state index contributed by atoms with van der Waals surface area (Å²) in [5, 5.41) is 9.84. The van der Waals surface area contributed by atoms with Gasteiger partial charge >= 0.3 is 0 Å². The number of nitriles is 1. The number of benzene rings is 1. The van der Waals surface area contributed by atoms with Gasteiger partial charge in [-0.25, -0.2) is 13.4 Å². The van der Waals surface area contributed by atoms with E-state index in [1.54, 1.807) is 23.5 Å². The van der Waals surface area contributed by atoms with Crippen LogP contribution in [0.25, 0.3) is 10.2 Å². The van der Waals surface area contributed by atoms with E-state index in [-0.39, 0.29) is 9.62 Å². The molecule has 1 aromatic carbocycles. The summed E-state index contributed by atoms with van der Waals surface area (Å²) in [7, 11) is -3.69. The van der Waals surface area contributed by atoms with Crippen LogP contribution in [0.4, 0.5) is 5.69 Å². The topological polar surface area (TPSA) is 82.8 Å². The molecule has 0 aliphatic rings. The zero-order valence-electron chi connectivity index (χ0n) is 13.3. The lowest BCUT2D eigenvalue weighted by molar-refractivity contribution is 0.587. The molecule has 0 aliphatic carbocycles. The number of nitrogens with zero attached hydrogens (tertiary/aromatic N) is 2. The van der Waals surface area contributed by atoms with Crippen LogP contribution in [0.2, 0.25) is 0 Å². The predicted molar refractivity (Wildman–Crippen MR) is 98.2 cm³/mol. The molecule has 0 spiro atoms. The van der Waals surface area contributed by atoms with Gasteiger partial charge in [0.25, 0.3) is 10.0 Å². The van der Waals surface area contributed by atoms with E-state index in [1.807, 2.05) is 12.1 Å². The van der Waals surface area contributed by atoms with E-state index < -0.39 is 10.0 Å². The first kappa shape index (κ1) is 16.9. The molecule has 0 amide bonds. The van der Waals surface area contributed by atoms with Crippen molar-refractivity contribution in [2.75, 3.05) is 4.72 Å². The molecule has 1 N–H and O–H groups in total. The zero-order chi connectivity index (χ0) is 17.5. The average Bonchev–Trinajstić information content (AvgIpc) is 3.12. The molecule has 3 aromatic rings. The van der Waals surface area contributed by atoms with Crippen LogP contribution in [0.5, 0.6) is 0 Å². The SMILES string of the molecule is CC(C)(C)c1nc2ccc(NS(=O)(=O)c3ccc(C#N)s3)cc2s1. The summed E-state index contributed by atoms with van der Waals surface area (Å²) in [5.74, 6) is 0. The van der Waals surface area contributed by atoms with E-state index in [1.165, 1.54) is 12.1 Å². The molecule has 0 aliphatic heterocycles. The minimum absolute atomic E-state index is 0.0476. The molecule has 0 radical (unpaired) electrons. The number of thiophene rings is 1. The first-order valence-corrected chi connectivity index (χ1v) is 10.2. The largest absolute Gasteiger partial charge is 0.279 e. The Morgan fingerprint density at radius 1 is 1.17 bits per heavy atom. The van der Waals surface area contributed by atoms with Crippen molar-refractivity contribution in [3.8, 4) is 6.07 Å². The van der Waals surface area contributed by atoms with Crippen LogP contribution in [0.3, 0.4) is 0 Å². The smallest absolute Gasteiger partial charge is 0.271 e. The lowest BCUT2D eigenvalue weighted by Crippen LogP contribution is -2.11. The number of rotatable bonds is 3. The summed E-state index contributed by atoms with van der Waals surface area (Å²) in [6.45, 7) is 6.29. The molecule has 0 fully saturated rings. The van der Waals surface area contributed by atoms with Gasteiger partial charge in [-0.1, -0.05) is 20.8 Å². The van der Waals surface area contributed by atoms with Gasteiger partial charge in [-0.05, 0) is 30.3 Å². The van der Waals surface area contributed by atoms with Crippen LogP contribution >= 0.6 is 22.7 Å². The number of nitrogens with one attached hydrogen (secondary N) is 1. The molecule has 0 saturated heterocycles. The second-order valence-electron chi connectivity index (χ2n) is 6.29. The van der Waals surface area contributed by atoms with Crippen LogP contribution in [0.15, 0.2) is 34.5 Å². The van der Waals surface area contributed by atoms with Gasteiger partial charge in [0.05, 0.1) is 20.9 Å². The van der Waals surface area contributed by atoms with E-state index in [0.717, 1.165) is 26.6 Å². The lowest BCUT2D eigenvalue weighted by atomic mass is 9.98.